The largest absolute Gasteiger partial charge is 0.298 e. The van der Waals surface area contributed by atoms with Crippen LogP contribution in [0.3, 0.4) is 0 Å². The minimum absolute atomic E-state index is 0.0215. The van der Waals surface area contributed by atoms with Crippen LogP contribution in [0.5, 0.6) is 0 Å². The predicted molar refractivity (Wildman–Crippen MR) is 103 cm³/mol. The van der Waals surface area contributed by atoms with Gasteiger partial charge in [-0.1, -0.05) is 30.0 Å². The summed E-state index contributed by atoms with van der Waals surface area (Å²) in [5.41, 5.74) is 2.30. The van der Waals surface area contributed by atoms with Gasteiger partial charge in [-0.3, -0.25) is 4.79 Å². The van der Waals surface area contributed by atoms with Crippen molar-refractivity contribution in [3.63, 3.8) is 0 Å². The molecule has 2 aromatic rings. The minimum Gasteiger partial charge on any atom is -0.298 e. The second-order valence-electron chi connectivity index (χ2n) is 8.70. The summed E-state index contributed by atoms with van der Waals surface area (Å²) < 4.78 is 0. The lowest BCUT2D eigenvalue weighted by Crippen LogP contribution is -2.50. The third-order valence-corrected chi connectivity index (χ3v) is 7.79. The summed E-state index contributed by atoms with van der Waals surface area (Å²) >= 11 is 1.65. The Hall–Kier alpha value is -1.35. The predicted octanol–water partition coefficient (Wildman–Crippen LogP) is 5.42. The smallest absolute Gasteiger partial charge is 0.149 e. The van der Waals surface area contributed by atoms with Gasteiger partial charge in [0.15, 0.2) is 0 Å². The number of carbonyl (C=O) groups is 1. The highest BCUT2D eigenvalue weighted by molar-refractivity contribution is 7.99. The highest BCUT2D eigenvalue weighted by Crippen LogP contribution is 2.60. The fraction of sp³-hybridized carbons (Fsp3) is 0.545. The van der Waals surface area contributed by atoms with E-state index in [1.54, 1.807) is 11.8 Å². The minimum atomic E-state index is 0.0215. The number of pyridine rings is 1. The standard InChI is InChI=1S/C22H25NOS/c1-14-6-21(23-19-5-3-2-4-18(14)19)25-13-20(24)22-10-15-7-16(11-22)9-17(8-15)12-22/h2-6,15-17H,7-13H2,1H3. The van der Waals surface area contributed by atoms with Crippen LogP contribution in [-0.2, 0) is 4.79 Å². The summed E-state index contributed by atoms with van der Waals surface area (Å²) in [6, 6.07) is 10.4. The zero-order chi connectivity index (χ0) is 17.0. The molecule has 0 spiro atoms. The summed E-state index contributed by atoms with van der Waals surface area (Å²) in [5, 5.41) is 2.20. The van der Waals surface area contributed by atoms with Gasteiger partial charge in [0, 0.05) is 10.8 Å². The second kappa shape index (κ2) is 5.84. The highest BCUT2D eigenvalue weighted by Gasteiger charge is 2.54. The number of nitrogens with zero attached hydrogens (tertiary/aromatic N) is 1. The first kappa shape index (κ1) is 15.9. The number of fused-ring (bicyclic) bond motifs is 1. The van der Waals surface area contributed by atoms with E-state index in [1.165, 1.54) is 49.5 Å². The highest BCUT2D eigenvalue weighted by atomic mass is 32.2. The third kappa shape index (κ3) is 2.71. The Balaban J connectivity index is 1.34. The van der Waals surface area contributed by atoms with Crippen molar-refractivity contribution in [3.8, 4) is 0 Å². The van der Waals surface area contributed by atoms with Crippen molar-refractivity contribution >= 4 is 28.4 Å². The maximum atomic E-state index is 13.2. The van der Waals surface area contributed by atoms with E-state index >= 15 is 0 Å². The van der Waals surface area contributed by atoms with Gasteiger partial charge in [0.05, 0.1) is 16.3 Å². The first-order valence-corrected chi connectivity index (χ1v) is 10.6. The van der Waals surface area contributed by atoms with E-state index in [1.807, 2.05) is 6.07 Å². The molecular weight excluding hydrogens is 326 g/mol. The van der Waals surface area contributed by atoms with E-state index in [0.717, 1.165) is 28.3 Å². The lowest BCUT2D eigenvalue weighted by molar-refractivity contribution is -0.141. The average Bonchev–Trinajstić information content (AvgIpc) is 2.58. The van der Waals surface area contributed by atoms with Crippen LogP contribution < -0.4 is 0 Å². The normalized spacial score (nSPS) is 33.1. The number of para-hydroxylation sites is 1. The molecule has 0 atom stereocenters. The van der Waals surface area contributed by atoms with E-state index in [9.17, 15) is 4.79 Å². The SMILES string of the molecule is Cc1cc(SCC(=O)C23CC4CC(CC(C4)C2)C3)nc2ccccc12. The second-order valence-corrected chi connectivity index (χ2v) is 9.70. The quantitative estimate of drug-likeness (QED) is 0.689. The number of hydrogen-bond acceptors (Lipinski definition) is 3. The Morgan fingerprint density at radius 2 is 1.76 bits per heavy atom. The molecule has 1 aromatic heterocycles. The molecule has 3 heteroatoms. The van der Waals surface area contributed by atoms with Crippen molar-refractivity contribution in [2.24, 2.45) is 23.2 Å². The zero-order valence-corrected chi connectivity index (χ0v) is 15.6. The van der Waals surface area contributed by atoms with Crippen molar-refractivity contribution in [1.29, 1.82) is 0 Å². The van der Waals surface area contributed by atoms with Gasteiger partial charge in [-0.2, -0.15) is 0 Å². The molecule has 4 aliphatic carbocycles. The van der Waals surface area contributed by atoms with Crippen molar-refractivity contribution < 1.29 is 4.79 Å². The molecule has 2 nitrogen and oxygen atoms in total. The molecular formula is C22H25NOS. The van der Waals surface area contributed by atoms with E-state index in [-0.39, 0.29) is 5.41 Å². The van der Waals surface area contributed by atoms with Gasteiger partial charge in [-0.15, -0.1) is 0 Å². The Morgan fingerprint density at radius 3 is 2.44 bits per heavy atom. The van der Waals surface area contributed by atoms with E-state index < -0.39 is 0 Å². The van der Waals surface area contributed by atoms with Crippen molar-refractivity contribution in [3.05, 3.63) is 35.9 Å². The Bertz CT molecular complexity index is 808. The van der Waals surface area contributed by atoms with Crippen LogP contribution in [0.15, 0.2) is 35.4 Å². The van der Waals surface area contributed by atoms with Crippen LogP contribution in [0, 0.1) is 30.1 Å². The molecule has 0 amide bonds. The monoisotopic (exact) mass is 351 g/mol. The number of benzene rings is 1. The molecule has 130 valence electrons. The number of thioether (sulfide) groups is 1. The zero-order valence-electron chi connectivity index (χ0n) is 14.8. The molecule has 0 N–H and O–H groups in total. The number of hydrogen-bond donors (Lipinski definition) is 0. The molecule has 1 heterocycles. The molecule has 4 bridgehead atoms. The van der Waals surface area contributed by atoms with Crippen LogP contribution in [-0.4, -0.2) is 16.5 Å². The Labute approximate surface area is 153 Å². The number of aromatic nitrogens is 1. The molecule has 0 saturated heterocycles. The fourth-order valence-corrected chi connectivity index (χ4v) is 7.15. The van der Waals surface area contributed by atoms with Crippen LogP contribution in [0.4, 0.5) is 0 Å². The van der Waals surface area contributed by atoms with E-state index in [4.69, 9.17) is 4.98 Å². The van der Waals surface area contributed by atoms with Gasteiger partial charge in [-0.05, 0) is 80.9 Å². The van der Waals surface area contributed by atoms with Gasteiger partial charge >= 0.3 is 0 Å². The van der Waals surface area contributed by atoms with Crippen molar-refractivity contribution in [2.75, 3.05) is 5.75 Å². The van der Waals surface area contributed by atoms with E-state index in [0.29, 0.717) is 11.5 Å². The number of Topliss-reactive ketones (excluding diaryl/α,β-unsaturated/α-hetero) is 1. The maximum Gasteiger partial charge on any atom is 0.149 e. The first-order valence-electron chi connectivity index (χ1n) is 9.64. The van der Waals surface area contributed by atoms with Gasteiger partial charge in [0.1, 0.15) is 5.78 Å². The van der Waals surface area contributed by atoms with Crippen LogP contribution in [0.25, 0.3) is 10.9 Å². The lowest BCUT2D eigenvalue weighted by atomic mass is 9.48. The van der Waals surface area contributed by atoms with Crippen LogP contribution in [0.1, 0.15) is 44.1 Å². The maximum absolute atomic E-state index is 13.2. The summed E-state index contributed by atoms with van der Waals surface area (Å²) in [6.07, 6.45) is 7.69. The molecule has 4 fully saturated rings. The molecule has 4 saturated carbocycles. The first-order chi connectivity index (χ1) is 12.1. The molecule has 6 rings (SSSR count). The number of rotatable bonds is 4. The number of ketones is 1. The third-order valence-electron chi connectivity index (χ3n) is 6.88. The van der Waals surface area contributed by atoms with Crippen molar-refractivity contribution in [1.82, 2.24) is 4.98 Å². The summed E-state index contributed by atoms with van der Waals surface area (Å²) in [5.74, 6) is 3.60. The topological polar surface area (TPSA) is 30.0 Å². The van der Waals surface area contributed by atoms with Gasteiger partial charge < -0.3 is 0 Å². The molecule has 0 aliphatic heterocycles. The molecule has 0 radical (unpaired) electrons. The van der Waals surface area contributed by atoms with Crippen LogP contribution in [0.2, 0.25) is 0 Å². The number of carbonyl (C=O) groups excluding carboxylic acids is 1. The molecule has 25 heavy (non-hydrogen) atoms. The molecule has 1 aromatic carbocycles. The lowest BCUT2D eigenvalue weighted by Gasteiger charge is -2.56. The summed E-state index contributed by atoms with van der Waals surface area (Å²) in [6.45, 7) is 2.13. The summed E-state index contributed by atoms with van der Waals surface area (Å²) in [4.78, 5) is 17.9. The summed E-state index contributed by atoms with van der Waals surface area (Å²) in [7, 11) is 0. The van der Waals surface area contributed by atoms with Gasteiger partial charge in [0.25, 0.3) is 0 Å². The Kier molecular flexibility index (Phi) is 3.70. The average molecular weight is 352 g/mol. The van der Waals surface area contributed by atoms with Gasteiger partial charge in [0.2, 0.25) is 0 Å². The van der Waals surface area contributed by atoms with E-state index in [2.05, 4.69) is 31.2 Å². The molecule has 0 unspecified atom stereocenters. The fourth-order valence-electron chi connectivity index (χ4n) is 6.14. The molecule has 4 aliphatic rings. The number of aryl methyl sites for hydroxylation is 1. The van der Waals surface area contributed by atoms with Crippen LogP contribution >= 0.6 is 11.8 Å². The van der Waals surface area contributed by atoms with Gasteiger partial charge in [-0.25, -0.2) is 4.98 Å². The Morgan fingerprint density at radius 1 is 1.12 bits per heavy atom. The van der Waals surface area contributed by atoms with Crippen molar-refractivity contribution in [2.45, 2.75) is 50.5 Å².